The summed E-state index contributed by atoms with van der Waals surface area (Å²) in [4.78, 5) is 10.7. The van der Waals surface area contributed by atoms with Crippen LogP contribution in [-0.2, 0) is 14.9 Å². The minimum atomic E-state index is -4.47. The van der Waals surface area contributed by atoms with E-state index in [1.54, 1.807) is 0 Å². The Balaban J connectivity index is 3.54. The van der Waals surface area contributed by atoms with Gasteiger partial charge in [0.1, 0.15) is 0 Å². The van der Waals surface area contributed by atoms with Gasteiger partial charge in [-0.05, 0) is 6.42 Å². The van der Waals surface area contributed by atoms with Crippen LogP contribution in [0.2, 0.25) is 0 Å². The van der Waals surface area contributed by atoms with Crippen LogP contribution in [0.1, 0.15) is 77.6 Å². The van der Waals surface area contributed by atoms with Gasteiger partial charge in [0.05, 0.1) is 0 Å². The molecule has 1 unspecified atom stereocenters. The van der Waals surface area contributed by atoms with Crippen molar-refractivity contribution in [2.75, 3.05) is 0 Å². The number of hydrogen-bond acceptors (Lipinski definition) is 3. The zero-order valence-electron chi connectivity index (χ0n) is 12.4. The molecular weight excluding hydrogens is 280 g/mol. The second-order valence-corrected chi connectivity index (χ2v) is 6.91. The van der Waals surface area contributed by atoms with Crippen molar-refractivity contribution in [3.05, 3.63) is 0 Å². The van der Waals surface area contributed by atoms with Crippen LogP contribution in [0.15, 0.2) is 0 Å². The van der Waals surface area contributed by atoms with Crippen LogP contribution < -0.4 is 0 Å². The zero-order valence-corrected chi connectivity index (χ0v) is 13.2. The van der Waals surface area contributed by atoms with Gasteiger partial charge in [0.2, 0.25) is 0 Å². The molecule has 6 heteroatoms. The second kappa shape index (κ2) is 11.1. The van der Waals surface area contributed by atoms with Crippen molar-refractivity contribution in [1.29, 1.82) is 0 Å². The van der Waals surface area contributed by atoms with Gasteiger partial charge >= 0.3 is 5.97 Å². The number of carboxylic acids is 1. The van der Waals surface area contributed by atoms with Gasteiger partial charge in [-0.25, -0.2) is 0 Å². The molecule has 0 aliphatic rings. The summed E-state index contributed by atoms with van der Waals surface area (Å²) in [5.41, 5.74) is 0. The monoisotopic (exact) mass is 308 g/mol. The molecule has 120 valence electrons. The Morgan fingerprint density at radius 3 is 1.65 bits per heavy atom. The van der Waals surface area contributed by atoms with Crippen LogP contribution in [0.25, 0.3) is 0 Å². The van der Waals surface area contributed by atoms with E-state index in [4.69, 9.17) is 9.66 Å². The Labute approximate surface area is 122 Å². The molecule has 2 N–H and O–H groups in total. The third-order valence-electron chi connectivity index (χ3n) is 3.45. The molecule has 0 aliphatic carbocycles. The lowest BCUT2D eigenvalue weighted by atomic mass is 10.1. The highest BCUT2D eigenvalue weighted by Gasteiger charge is 2.29. The summed E-state index contributed by atoms with van der Waals surface area (Å²) in [5, 5.41) is 7.04. The molecule has 0 rings (SSSR count). The summed E-state index contributed by atoms with van der Waals surface area (Å²) in [6.45, 7) is 2.19. The number of carboxylic acid groups (broad SMARTS) is 1. The van der Waals surface area contributed by atoms with Crippen LogP contribution in [0, 0.1) is 0 Å². The molecule has 0 aromatic carbocycles. The molecule has 0 bridgehead atoms. The molecule has 0 fully saturated rings. The van der Waals surface area contributed by atoms with Gasteiger partial charge in [-0.3, -0.25) is 9.35 Å². The van der Waals surface area contributed by atoms with E-state index in [0.29, 0.717) is 6.42 Å². The van der Waals surface area contributed by atoms with E-state index in [9.17, 15) is 13.2 Å². The molecule has 0 aliphatic heterocycles. The standard InChI is InChI=1S/C14H28O5S/c1-2-3-4-5-6-7-8-9-10-11-12-13(14(15)16)20(17,18)19/h13H,2-12H2,1H3,(H,15,16)(H,17,18,19). The molecule has 0 saturated heterocycles. The third kappa shape index (κ3) is 10.2. The number of unbranched alkanes of at least 4 members (excludes halogenated alkanes) is 9. The summed E-state index contributed by atoms with van der Waals surface area (Å²) in [6.07, 6.45) is 11.0. The van der Waals surface area contributed by atoms with Crippen LogP contribution in [-0.4, -0.2) is 29.3 Å². The first-order valence-corrected chi connectivity index (χ1v) is 9.09. The van der Waals surface area contributed by atoms with Crippen molar-refractivity contribution in [1.82, 2.24) is 0 Å². The van der Waals surface area contributed by atoms with Gasteiger partial charge < -0.3 is 5.11 Å². The Morgan fingerprint density at radius 1 is 0.900 bits per heavy atom. The predicted octanol–water partition coefficient (Wildman–Crippen LogP) is 3.64. The van der Waals surface area contributed by atoms with Gasteiger partial charge in [0.25, 0.3) is 10.1 Å². The lowest BCUT2D eigenvalue weighted by molar-refractivity contribution is -0.136. The first-order chi connectivity index (χ1) is 9.39. The smallest absolute Gasteiger partial charge is 0.324 e. The molecule has 0 aromatic rings. The summed E-state index contributed by atoms with van der Waals surface area (Å²) in [6, 6.07) is 0. The van der Waals surface area contributed by atoms with E-state index in [0.717, 1.165) is 19.3 Å². The van der Waals surface area contributed by atoms with Crippen molar-refractivity contribution >= 4 is 16.1 Å². The topological polar surface area (TPSA) is 91.7 Å². The fraction of sp³-hybridized carbons (Fsp3) is 0.929. The van der Waals surface area contributed by atoms with Gasteiger partial charge in [0, 0.05) is 0 Å². The Morgan fingerprint density at radius 2 is 1.30 bits per heavy atom. The molecule has 0 radical (unpaired) electrons. The first kappa shape index (κ1) is 19.4. The molecule has 0 heterocycles. The number of rotatable bonds is 13. The Hall–Kier alpha value is -0.620. The summed E-state index contributed by atoms with van der Waals surface area (Å²) in [5.74, 6) is -1.47. The minimum Gasteiger partial charge on any atom is -0.480 e. The number of carbonyl (C=O) groups is 1. The molecule has 0 aromatic heterocycles. The van der Waals surface area contributed by atoms with E-state index < -0.39 is 21.3 Å². The largest absolute Gasteiger partial charge is 0.480 e. The lowest BCUT2D eigenvalue weighted by Crippen LogP contribution is -2.29. The van der Waals surface area contributed by atoms with Crippen molar-refractivity contribution in [3.8, 4) is 0 Å². The Kier molecular flexibility index (Phi) is 10.7. The van der Waals surface area contributed by atoms with Crippen molar-refractivity contribution in [3.63, 3.8) is 0 Å². The normalized spacial score (nSPS) is 13.3. The molecule has 0 saturated carbocycles. The molecule has 5 nitrogen and oxygen atoms in total. The molecule has 1 atom stereocenters. The van der Waals surface area contributed by atoms with Gasteiger partial charge in [0.15, 0.2) is 5.25 Å². The first-order valence-electron chi connectivity index (χ1n) is 7.58. The van der Waals surface area contributed by atoms with Gasteiger partial charge in [-0.2, -0.15) is 8.42 Å². The van der Waals surface area contributed by atoms with Crippen LogP contribution in [0.5, 0.6) is 0 Å². The van der Waals surface area contributed by atoms with E-state index in [2.05, 4.69) is 6.92 Å². The molecule has 0 spiro atoms. The fourth-order valence-electron chi connectivity index (χ4n) is 2.22. The van der Waals surface area contributed by atoms with Crippen molar-refractivity contribution in [2.45, 2.75) is 82.8 Å². The average Bonchev–Trinajstić information content (AvgIpc) is 2.34. The van der Waals surface area contributed by atoms with E-state index >= 15 is 0 Å². The summed E-state index contributed by atoms with van der Waals surface area (Å²) >= 11 is 0. The summed E-state index contributed by atoms with van der Waals surface area (Å²) in [7, 11) is -4.47. The maximum atomic E-state index is 10.8. The molecular formula is C14H28O5S. The van der Waals surface area contributed by atoms with Crippen molar-refractivity contribution in [2.24, 2.45) is 0 Å². The van der Waals surface area contributed by atoms with Gasteiger partial charge in [-0.1, -0.05) is 71.1 Å². The predicted molar refractivity (Wildman–Crippen MR) is 79.4 cm³/mol. The highest BCUT2D eigenvalue weighted by atomic mass is 32.2. The van der Waals surface area contributed by atoms with E-state index in [-0.39, 0.29) is 6.42 Å². The average molecular weight is 308 g/mol. The fourth-order valence-corrected chi connectivity index (χ4v) is 2.94. The number of aliphatic carboxylic acids is 1. The molecule has 20 heavy (non-hydrogen) atoms. The zero-order chi connectivity index (χ0) is 15.4. The SMILES string of the molecule is CCCCCCCCCCCCC(C(=O)O)S(=O)(=O)O. The quantitative estimate of drug-likeness (QED) is 0.400. The van der Waals surface area contributed by atoms with E-state index in [1.165, 1.54) is 38.5 Å². The van der Waals surface area contributed by atoms with Crippen LogP contribution in [0.3, 0.4) is 0 Å². The maximum Gasteiger partial charge on any atom is 0.324 e. The van der Waals surface area contributed by atoms with Gasteiger partial charge in [-0.15, -0.1) is 0 Å². The summed E-state index contributed by atoms with van der Waals surface area (Å²) < 4.78 is 30.5. The van der Waals surface area contributed by atoms with E-state index in [1.807, 2.05) is 0 Å². The molecule has 0 amide bonds. The minimum absolute atomic E-state index is 0.00926. The highest BCUT2D eigenvalue weighted by molar-refractivity contribution is 7.87. The number of hydrogen-bond donors (Lipinski definition) is 2. The van der Waals surface area contributed by atoms with Crippen LogP contribution >= 0.6 is 0 Å². The maximum absolute atomic E-state index is 10.8. The second-order valence-electron chi connectivity index (χ2n) is 5.31. The lowest BCUT2D eigenvalue weighted by Gasteiger charge is -2.08. The van der Waals surface area contributed by atoms with Crippen LogP contribution in [0.4, 0.5) is 0 Å². The van der Waals surface area contributed by atoms with Crippen molar-refractivity contribution < 1.29 is 22.9 Å². The third-order valence-corrected chi connectivity index (χ3v) is 4.61. The highest BCUT2D eigenvalue weighted by Crippen LogP contribution is 2.14. The Bertz CT molecular complexity index is 351.